The number of carboxylic acid groups (broad SMARTS) is 1. The summed E-state index contributed by atoms with van der Waals surface area (Å²) < 4.78 is 0. The number of aliphatic hydroxyl groups is 4. The van der Waals surface area contributed by atoms with Crippen LogP contribution in [0.2, 0.25) is 0 Å². The fraction of sp³-hybridized carbons (Fsp3) is 0.875. The summed E-state index contributed by atoms with van der Waals surface area (Å²) in [6.45, 7) is -0.669. The lowest BCUT2D eigenvalue weighted by Crippen LogP contribution is -2.50. The summed E-state index contributed by atoms with van der Waals surface area (Å²) in [6.07, 6.45) is -4.29. The van der Waals surface area contributed by atoms with Gasteiger partial charge in [-0.15, -0.1) is 11.8 Å². The number of carboxylic acids is 1. The van der Waals surface area contributed by atoms with Crippen molar-refractivity contribution < 1.29 is 30.3 Å². The van der Waals surface area contributed by atoms with E-state index in [9.17, 15) is 15.0 Å². The molecule has 0 aromatic rings. The minimum Gasteiger partial charge on any atom is -0.480 e. The lowest BCUT2D eigenvalue weighted by atomic mass is 10.1. The van der Waals surface area contributed by atoms with E-state index in [2.05, 4.69) is 5.32 Å². The van der Waals surface area contributed by atoms with Crippen molar-refractivity contribution in [3.05, 3.63) is 0 Å². The van der Waals surface area contributed by atoms with Gasteiger partial charge in [0.2, 0.25) is 0 Å². The Bertz CT molecular complexity index is 253. The van der Waals surface area contributed by atoms with Crippen LogP contribution in [0.4, 0.5) is 0 Å². The van der Waals surface area contributed by atoms with Crippen molar-refractivity contribution in [3.8, 4) is 0 Å². The number of hydrogen-bond donors (Lipinski definition) is 6. The topological polar surface area (TPSA) is 130 Å². The second kappa shape index (κ2) is 5.80. The molecule has 16 heavy (non-hydrogen) atoms. The van der Waals surface area contributed by atoms with Crippen molar-refractivity contribution in [2.45, 2.75) is 29.7 Å². The molecule has 1 heterocycles. The Balaban J connectivity index is 2.50. The summed E-state index contributed by atoms with van der Waals surface area (Å²) >= 11 is 1.15. The van der Waals surface area contributed by atoms with Gasteiger partial charge in [-0.25, -0.2) is 0 Å². The van der Waals surface area contributed by atoms with Crippen LogP contribution < -0.4 is 5.32 Å². The van der Waals surface area contributed by atoms with Gasteiger partial charge in [0.1, 0.15) is 24.4 Å². The number of hydrogen-bond acceptors (Lipinski definition) is 7. The van der Waals surface area contributed by atoms with Crippen molar-refractivity contribution in [1.29, 1.82) is 0 Å². The van der Waals surface area contributed by atoms with E-state index in [1.807, 2.05) is 0 Å². The summed E-state index contributed by atoms with van der Waals surface area (Å²) in [5, 5.41) is 47.4. The van der Waals surface area contributed by atoms with E-state index in [0.29, 0.717) is 0 Å². The molecule has 1 aliphatic rings. The summed E-state index contributed by atoms with van der Waals surface area (Å²) in [6, 6.07) is -0.775. The summed E-state index contributed by atoms with van der Waals surface area (Å²) in [7, 11) is 0. The van der Waals surface area contributed by atoms with Crippen LogP contribution in [-0.2, 0) is 4.79 Å². The molecule has 5 atom stereocenters. The molecule has 0 unspecified atom stereocenters. The largest absolute Gasteiger partial charge is 0.480 e. The van der Waals surface area contributed by atoms with Gasteiger partial charge < -0.3 is 25.5 Å². The summed E-state index contributed by atoms with van der Waals surface area (Å²) in [5.41, 5.74) is 0. The first-order valence-electron chi connectivity index (χ1n) is 4.73. The summed E-state index contributed by atoms with van der Waals surface area (Å²) in [5.74, 6) is -0.752. The van der Waals surface area contributed by atoms with Crippen molar-refractivity contribution in [3.63, 3.8) is 0 Å². The van der Waals surface area contributed by atoms with E-state index >= 15 is 0 Å². The Morgan fingerprint density at radius 2 is 2.06 bits per heavy atom. The van der Waals surface area contributed by atoms with Gasteiger partial charge in [0.25, 0.3) is 0 Å². The van der Waals surface area contributed by atoms with Crippen LogP contribution in [0.15, 0.2) is 0 Å². The molecule has 0 aliphatic carbocycles. The third-order valence-corrected chi connectivity index (χ3v) is 3.65. The molecule has 1 fully saturated rings. The van der Waals surface area contributed by atoms with Gasteiger partial charge in [0, 0.05) is 5.75 Å². The standard InChI is InChI=1S/C8H15NO6S/c10-1-4(11)5(12)6(13)7-9-3(2-16-7)8(14)15/h3-7,9-13H,1-2H2,(H,14,15)/t3-,4+,5+,6-,7+/m1/s1. The lowest BCUT2D eigenvalue weighted by Gasteiger charge is -2.25. The molecule has 8 heteroatoms. The highest BCUT2D eigenvalue weighted by atomic mass is 32.2. The predicted molar refractivity (Wildman–Crippen MR) is 55.9 cm³/mol. The second-order valence-electron chi connectivity index (χ2n) is 3.54. The van der Waals surface area contributed by atoms with Gasteiger partial charge in [-0.2, -0.15) is 0 Å². The van der Waals surface area contributed by atoms with Crippen LogP contribution in [0.3, 0.4) is 0 Å². The molecule has 1 aliphatic heterocycles. The smallest absolute Gasteiger partial charge is 0.321 e. The van der Waals surface area contributed by atoms with Gasteiger partial charge in [0.15, 0.2) is 0 Å². The first-order valence-corrected chi connectivity index (χ1v) is 5.77. The van der Waals surface area contributed by atoms with Crippen molar-refractivity contribution in [2.24, 2.45) is 0 Å². The van der Waals surface area contributed by atoms with Crippen LogP contribution in [0.25, 0.3) is 0 Å². The zero-order valence-electron chi connectivity index (χ0n) is 8.35. The van der Waals surface area contributed by atoms with Crippen molar-refractivity contribution >= 4 is 17.7 Å². The number of nitrogens with one attached hydrogen (secondary N) is 1. The molecule has 0 saturated carbocycles. The Morgan fingerprint density at radius 1 is 1.44 bits per heavy atom. The third-order valence-electron chi connectivity index (χ3n) is 2.35. The molecule has 0 aromatic carbocycles. The summed E-state index contributed by atoms with van der Waals surface area (Å²) in [4.78, 5) is 10.6. The normalized spacial score (nSPS) is 31.0. The number of thioether (sulfide) groups is 1. The Labute approximate surface area is 96.1 Å². The van der Waals surface area contributed by atoms with E-state index in [1.54, 1.807) is 0 Å². The van der Waals surface area contributed by atoms with Crippen LogP contribution in [0, 0.1) is 0 Å². The van der Waals surface area contributed by atoms with Gasteiger partial charge in [-0.1, -0.05) is 0 Å². The molecule has 94 valence electrons. The van der Waals surface area contributed by atoms with Crippen LogP contribution in [0.1, 0.15) is 0 Å². The number of aliphatic carboxylic acids is 1. The van der Waals surface area contributed by atoms with E-state index in [0.717, 1.165) is 11.8 Å². The number of carbonyl (C=O) groups is 1. The number of rotatable bonds is 5. The molecular weight excluding hydrogens is 238 g/mol. The first kappa shape index (κ1) is 13.7. The Kier molecular flexibility index (Phi) is 4.96. The zero-order chi connectivity index (χ0) is 12.3. The minimum absolute atomic E-state index is 0.277. The lowest BCUT2D eigenvalue weighted by molar-refractivity contribution is -0.139. The molecule has 0 amide bonds. The average molecular weight is 253 g/mol. The van der Waals surface area contributed by atoms with Gasteiger partial charge in [-0.05, 0) is 0 Å². The molecule has 0 aromatic heterocycles. The zero-order valence-corrected chi connectivity index (χ0v) is 9.17. The van der Waals surface area contributed by atoms with Crippen LogP contribution in [-0.4, -0.2) is 73.6 Å². The quantitative estimate of drug-likeness (QED) is 0.309. The highest BCUT2D eigenvalue weighted by Gasteiger charge is 2.38. The van der Waals surface area contributed by atoms with E-state index < -0.39 is 42.3 Å². The molecule has 1 saturated heterocycles. The molecule has 1 rings (SSSR count). The first-order chi connectivity index (χ1) is 7.47. The maximum absolute atomic E-state index is 10.6. The van der Waals surface area contributed by atoms with Crippen molar-refractivity contribution in [1.82, 2.24) is 5.32 Å². The Hall–Kier alpha value is -0.380. The van der Waals surface area contributed by atoms with Crippen molar-refractivity contribution in [2.75, 3.05) is 12.4 Å². The maximum Gasteiger partial charge on any atom is 0.321 e. The molecule has 0 bridgehead atoms. The van der Waals surface area contributed by atoms with Crippen LogP contribution >= 0.6 is 11.8 Å². The molecule has 6 N–H and O–H groups in total. The van der Waals surface area contributed by atoms with Gasteiger partial charge >= 0.3 is 5.97 Å². The van der Waals surface area contributed by atoms with E-state index in [1.165, 1.54) is 0 Å². The SMILES string of the molecule is O=C(O)[C@H]1CS[C@@H]([C@H](O)[C@@H](O)[C@@H](O)CO)N1. The highest BCUT2D eigenvalue weighted by Crippen LogP contribution is 2.24. The molecule has 0 spiro atoms. The fourth-order valence-corrected chi connectivity index (χ4v) is 2.61. The van der Waals surface area contributed by atoms with E-state index in [4.69, 9.17) is 15.3 Å². The molecule has 7 nitrogen and oxygen atoms in total. The number of aliphatic hydroxyl groups excluding tert-OH is 4. The Morgan fingerprint density at radius 3 is 2.50 bits per heavy atom. The highest BCUT2D eigenvalue weighted by molar-refractivity contribution is 8.00. The van der Waals surface area contributed by atoms with Gasteiger partial charge in [0.05, 0.1) is 12.0 Å². The average Bonchev–Trinajstić information content (AvgIpc) is 2.75. The predicted octanol–water partition coefficient (Wildman–Crippen LogP) is -2.82. The molecule has 0 radical (unpaired) electrons. The maximum atomic E-state index is 10.6. The van der Waals surface area contributed by atoms with E-state index in [-0.39, 0.29) is 5.75 Å². The third kappa shape index (κ3) is 3.06. The second-order valence-corrected chi connectivity index (χ2v) is 4.72. The molecular formula is C8H15NO6S. The monoisotopic (exact) mass is 253 g/mol. The van der Waals surface area contributed by atoms with Crippen LogP contribution in [0.5, 0.6) is 0 Å². The fourth-order valence-electron chi connectivity index (χ4n) is 1.35. The van der Waals surface area contributed by atoms with Gasteiger partial charge in [-0.3, -0.25) is 10.1 Å². The minimum atomic E-state index is -1.51.